The molecule has 1 atom stereocenters. The van der Waals surface area contributed by atoms with Crippen LogP contribution in [0.1, 0.15) is 49.0 Å². The fourth-order valence-electron chi connectivity index (χ4n) is 3.38. The molecule has 1 aliphatic carbocycles. The Kier molecular flexibility index (Phi) is 3.52. The van der Waals surface area contributed by atoms with Crippen molar-refractivity contribution in [3.8, 4) is 5.75 Å². The third kappa shape index (κ3) is 2.70. The lowest BCUT2D eigenvalue weighted by Gasteiger charge is -2.19. The average molecular weight is 356 g/mol. The Bertz CT molecular complexity index is 936. The van der Waals surface area contributed by atoms with E-state index in [-0.39, 0.29) is 6.04 Å². The zero-order valence-corrected chi connectivity index (χ0v) is 14.4. The number of rotatable bonds is 3. The second-order valence-electron chi connectivity index (χ2n) is 6.67. The molecule has 3 aromatic rings. The molecule has 0 radical (unpaired) electrons. The molecule has 7 heteroatoms. The van der Waals surface area contributed by atoms with Crippen LogP contribution in [0.3, 0.4) is 0 Å². The number of hydrogen-bond acceptors (Lipinski definition) is 5. The molecule has 1 fully saturated rings. The first-order valence-electron chi connectivity index (χ1n) is 8.70. The lowest BCUT2D eigenvalue weighted by atomic mass is 10.0. The highest BCUT2D eigenvalue weighted by Crippen LogP contribution is 2.40. The van der Waals surface area contributed by atoms with Crippen LogP contribution in [0.15, 0.2) is 30.3 Å². The van der Waals surface area contributed by atoms with Gasteiger partial charge in [0, 0.05) is 11.5 Å². The monoisotopic (exact) mass is 355 g/mol. The number of aromatic nitrogens is 4. The van der Waals surface area contributed by atoms with E-state index >= 15 is 0 Å². The molecule has 2 aromatic heterocycles. The van der Waals surface area contributed by atoms with Gasteiger partial charge in [-0.3, -0.25) is 0 Å². The molecule has 2 aliphatic rings. The molecular weight excluding hydrogens is 338 g/mol. The van der Waals surface area contributed by atoms with Crippen LogP contribution in [0.5, 0.6) is 5.75 Å². The maximum absolute atomic E-state index is 6.32. The van der Waals surface area contributed by atoms with E-state index in [4.69, 9.17) is 21.4 Å². The predicted octanol–water partition coefficient (Wildman–Crippen LogP) is 3.98. The van der Waals surface area contributed by atoms with Gasteiger partial charge in [-0.15, -0.1) is 15.3 Å². The molecule has 25 heavy (non-hydrogen) atoms. The Morgan fingerprint density at radius 2 is 2.04 bits per heavy atom. The number of para-hydroxylation sites is 1. The summed E-state index contributed by atoms with van der Waals surface area (Å²) in [4.78, 5) is 0. The fourth-order valence-corrected chi connectivity index (χ4v) is 3.61. The molecule has 6 nitrogen and oxygen atoms in total. The van der Waals surface area contributed by atoms with E-state index in [0.717, 1.165) is 41.4 Å². The highest BCUT2D eigenvalue weighted by molar-refractivity contribution is 6.32. The van der Waals surface area contributed by atoms with Crippen LogP contribution in [0.4, 0.5) is 5.82 Å². The summed E-state index contributed by atoms with van der Waals surface area (Å²) in [5, 5.41) is 17.4. The second-order valence-corrected chi connectivity index (χ2v) is 7.07. The molecule has 1 saturated carbocycles. The normalized spacial score (nSPS) is 20.0. The van der Waals surface area contributed by atoms with Gasteiger partial charge in [-0.2, -0.15) is 4.52 Å². The topological polar surface area (TPSA) is 64.3 Å². The minimum atomic E-state index is 0.113. The summed E-state index contributed by atoms with van der Waals surface area (Å²) >= 11 is 6.32. The Morgan fingerprint density at radius 1 is 1.12 bits per heavy atom. The summed E-state index contributed by atoms with van der Waals surface area (Å²) in [6.45, 7) is 0.679. The lowest BCUT2D eigenvalue weighted by Crippen LogP contribution is -2.13. The molecule has 3 heterocycles. The summed E-state index contributed by atoms with van der Waals surface area (Å²) < 4.78 is 7.71. The van der Waals surface area contributed by atoms with Gasteiger partial charge in [0.05, 0.1) is 17.7 Å². The average Bonchev–Trinajstić information content (AvgIpc) is 3.40. The van der Waals surface area contributed by atoms with Crippen molar-refractivity contribution in [3.05, 3.63) is 46.7 Å². The second kappa shape index (κ2) is 5.88. The molecule has 1 aliphatic heterocycles. The molecule has 1 N–H and O–H groups in total. The van der Waals surface area contributed by atoms with Gasteiger partial charge >= 0.3 is 0 Å². The van der Waals surface area contributed by atoms with E-state index in [1.54, 1.807) is 0 Å². The van der Waals surface area contributed by atoms with Crippen molar-refractivity contribution in [1.82, 2.24) is 19.8 Å². The maximum atomic E-state index is 6.32. The summed E-state index contributed by atoms with van der Waals surface area (Å²) in [6.07, 6.45) is 4.27. The molecule has 128 valence electrons. The molecule has 0 saturated heterocycles. The number of nitrogens with one attached hydrogen (secondary N) is 1. The fraction of sp³-hybridized carbons (Fsp3) is 0.389. The van der Waals surface area contributed by atoms with Gasteiger partial charge in [0.15, 0.2) is 11.5 Å². The molecule has 1 aromatic carbocycles. The van der Waals surface area contributed by atoms with Gasteiger partial charge in [-0.05, 0) is 43.9 Å². The third-order valence-electron chi connectivity index (χ3n) is 4.81. The van der Waals surface area contributed by atoms with E-state index in [9.17, 15) is 0 Å². The number of anilines is 1. The highest BCUT2D eigenvalue weighted by atomic mass is 35.5. The smallest absolute Gasteiger partial charge is 0.178 e. The molecular formula is C18H18ClN5O. The number of ether oxygens (including phenoxy) is 1. The standard InChI is InChI=1S/C18H18ClN5O/c19-13-4-1-3-12-14(5-2-10-25-17(12)13)20-15-8-9-16-21-22-18(11-6-7-11)24(16)23-15/h1,3-4,8-9,11,14H,2,5-7,10H2,(H,20,23). The highest BCUT2D eigenvalue weighted by Gasteiger charge is 2.29. The van der Waals surface area contributed by atoms with Gasteiger partial charge in [0.1, 0.15) is 11.6 Å². The van der Waals surface area contributed by atoms with Crippen molar-refractivity contribution in [2.75, 3.05) is 11.9 Å². The van der Waals surface area contributed by atoms with E-state index in [1.807, 2.05) is 28.8 Å². The van der Waals surface area contributed by atoms with Crippen LogP contribution in [-0.4, -0.2) is 26.4 Å². The molecule has 0 amide bonds. The van der Waals surface area contributed by atoms with Crippen LogP contribution < -0.4 is 10.1 Å². The Labute approximate surface area is 150 Å². The summed E-state index contributed by atoms with van der Waals surface area (Å²) in [6, 6.07) is 9.92. The van der Waals surface area contributed by atoms with Crippen molar-refractivity contribution >= 4 is 23.1 Å². The minimum Gasteiger partial charge on any atom is -0.492 e. The molecule has 0 bridgehead atoms. The van der Waals surface area contributed by atoms with Crippen LogP contribution in [-0.2, 0) is 0 Å². The minimum absolute atomic E-state index is 0.113. The molecule has 5 rings (SSSR count). The maximum Gasteiger partial charge on any atom is 0.178 e. The van der Waals surface area contributed by atoms with Gasteiger partial charge in [0.25, 0.3) is 0 Å². The van der Waals surface area contributed by atoms with Crippen LogP contribution >= 0.6 is 11.6 Å². The van der Waals surface area contributed by atoms with Gasteiger partial charge in [-0.1, -0.05) is 23.7 Å². The van der Waals surface area contributed by atoms with Crippen LogP contribution in [0.25, 0.3) is 5.65 Å². The largest absolute Gasteiger partial charge is 0.492 e. The van der Waals surface area contributed by atoms with Gasteiger partial charge in [0.2, 0.25) is 0 Å². The molecule has 0 spiro atoms. The summed E-state index contributed by atoms with van der Waals surface area (Å²) in [5.74, 6) is 3.06. The molecule has 1 unspecified atom stereocenters. The first kappa shape index (κ1) is 15.0. The third-order valence-corrected chi connectivity index (χ3v) is 5.11. The van der Waals surface area contributed by atoms with Crippen molar-refractivity contribution in [3.63, 3.8) is 0 Å². The summed E-state index contributed by atoms with van der Waals surface area (Å²) in [5.41, 5.74) is 1.87. The number of fused-ring (bicyclic) bond motifs is 2. The Hall–Kier alpha value is -2.34. The quantitative estimate of drug-likeness (QED) is 0.769. The number of halogens is 1. The van der Waals surface area contributed by atoms with Crippen molar-refractivity contribution in [1.29, 1.82) is 0 Å². The first-order chi connectivity index (χ1) is 12.3. The first-order valence-corrected chi connectivity index (χ1v) is 9.07. The SMILES string of the molecule is Clc1cccc2c1OCCCC2Nc1ccc2nnc(C3CC3)n2n1. The lowest BCUT2D eigenvalue weighted by molar-refractivity contribution is 0.316. The van der Waals surface area contributed by atoms with Gasteiger partial charge in [-0.25, -0.2) is 0 Å². The number of nitrogens with zero attached hydrogens (tertiary/aromatic N) is 4. The van der Waals surface area contributed by atoms with E-state index in [1.165, 1.54) is 12.8 Å². The predicted molar refractivity (Wildman–Crippen MR) is 95.3 cm³/mol. The van der Waals surface area contributed by atoms with E-state index < -0.39 is 0 Å². The van der Waals surface area contributed by atoms with Crippen LogP contribution in [0, 0.1) is 0 Å². The van der Waals surface area contributed by atoms with E-state index in [0.29, 0.717) is 17.5 Å². The van der Waals surface area contributed by atoms with E-state index in [2.05, 4.69) is 21.6 Å². The zero-order valence-electron chi connectivity index (χ0n) is 13.7. The van der Waals surface area contributed by atoms with Crippen molar-refractivity contribution in [2.45, 2.75) is 37.6 Å². The van der Waals surface area contributed by atoms with Gasteiger partial charge < -0.3 is 10.1 Å². The zero-order chi connectivity index (χ0) is 16.8. The Morgan fingerprint density at radius 3 is 2.92 bits per heavy atom. The van der Waals surface area contributed by atoms with Crippen LogP contribution in [0.2, 0.25) is 5.02 Å². The number of hydrogen-bond donors (Lipinski definition) is 1. The van der Waals surface area contributed by atoms with Crippen molar-refractivity contribution < 1.29 is 4.74 Å². The summed E-state index contributed by atoms with van der Waals surface area (Å²) in [7, 11) is 0. The van der Waals surface area contributed by atoms with Crippen molar-refractivity contribution in [2.24, 2.45) is 0 Å². The number of benzene rings is 1. The Balaban J connectivity index is 1.50.